The zero-order valence-electron chi connectivity index (χ0n) is 9.91. The molecule has 0 spiro atoms. The third-order valence-electron chi connectivity index (χ3n) is 2.55. The summed E-state index contributed by atoms with van der Waals surface area (Å²) in [5.41, 5.74) is 0.264. The molecule has 2 aromatic carbocycles. The van der Waals surface area contributed by atoms with E-state index < -0.39 is 11.6 Å². The number of hydrogen-bond donors (Lipinski definition) is 0. The van der Waals surface area contributed by atoms with Crippen LogP contribution in [0, 0.1) is 5.82 Å². The Bertz CT molecular complexity index is 623. The van der Waals surface area contributed by atoms with Crippen LogP contribution >= 0.6 is 27.5 Å². The highest BCUT2D eigenvalue weighted by Gasteiger charge is 2.17. The molecule has 0 N–H and O–H groups in total. The van der Waals surface area contributed by atoms with Gasteiger partial charge in [0.25, 0.3) is 0 Å². The standard InChI is InChI=1S/C14H9BrClFO2/c1-19-12-4-2-3-11(13(12)17)14(18)8-5-9(15)7-10(16)6-8/h2-7H,1H3. The molecule has 0 atom stereocenters. The molecule has 0 unspecified atom stereocenters. The molecule has 5 heteroatoms. The Kier molecular flexibility index (Phi) is 4.22. The third kappa shape index (κ3) is 2.96. The number of benzene rings is 2. The summed E-state index contributed by atoms with van der Waals surface area (Å²) in [4.78, 5) is 12.3. The van der Waals surface area contributed by atoms with Crippen molar-refractivity contribution in [1.82, 2.24) is 0 Å². The number of hydrogen-bond acceptors (Lipinski definition) is 2. The van der Waals surface area contributed by atoms with Crippen molar-refractivity contribution in [1.29, 1.82) is 0 Å². The van der Waals surface area contributed by atoms with Crippen molar-refractivity contribution < 1.29 is 13.9 Å². The fourth-order valence-electron chi connectivity index (χ4n) is 1.68. The van der Waals surface area contributed by atoms with Gasteiger partial charge in [-0.2, -0.15) is 0 Å². The maximum absolute atomic E-state index is 14.0. The van der Waals surface area contributed by atoms with Crippen LogP contribution in [-0.2, 0) is 0 Å². The molecule has 0 aliphatic carbocycles. The van der Waals surface area contributed by atoms with Crippen molar-refractivity contribution in [3.8, 4) is 5.75 Å². The van der Waals surface area contributed by atoms with Crippen molar-refractivity contribution in [3.05, 3.63) is 62.8 Å². The smallest absolute Gasteiger partial charge is 0.196 e. The predicted octanol–water partition coefficient (Wildman–Crippen LogP) is 4.48. The minimum Gasteiger partial charge on any atom is -0.494 e. The Hall–Kier alpha value is -1.39. The summed E-state index contributed by atoms with van der Waals surface area (Å²) in [7, 11) is 1.35. The SMILES string of the molecule is COc1cccc(C(=O)c2cc(Cl)cc(Br)c2)c1F. The molecule has 2 aromatic rings. The average molecular weight is 344 g/mol. The van der Waals surface area contributed by atoms with Gasteiger partial charge in [-0.3, -0.25) is 4.79 Å². The number of carbonyl (C=O) groups is 1. The second-order valence-corrected chi connectivity index (χ2v) is 5.16. The van der Waals surface area contributed by atoms with E-state index in [9.17, 15) is 9.18 Å². The van der Waals surface area contributed by atoms with Gasteiger partial charge in [-0.05, 0) is 30.3 Å². The van der Waals surface area contributed by atoms with Gasteiger partial charge in [0.2, 0.25) is 0 Å². The number of carbonyl (C=O) groups excluding carboxylic acids is 1. The van der Waals surface area contributed by atoms with Crippen molar-refractivity contribution in [2.75, 3.05) is 7.11 Å². The summed E-state index contributed by atoms with van der Waals surface area (Å²) in [6, 6.07) is 9.17. The summed E-state index contributed by atoms with van der Waals surface area (Å²) >= 11 is 9.12. The lowest BCUT2D eigenvalue weighted by Crippen LogP contribution is -2.05. The van der Waals surface area contributed by atoms with E-state index in [1.165, 1.54) is 25.3 Å². The first-order valence-electron chi connectivity index (χ1n) is 5.36. The maximum atomic E-state index is 14.0. The lowest BCUT2D eigenvalue weighted by molar-refractivity contribution is 0.103. The number of halogens is 3. The van der Waals surface area contributed by atoms with Gasteiger partial charge in [-0.25, -0.2) is 4.39 Å². The van der Waals surface area contributed by atoms with E-state index in [0.29, 0.717) is 15.1 Å². The summed E-state index contributed by atoms with van der Waals surface area (Å²) < 4.78 is 19.5. The largest absolute Gasteiger partial charge is 0.494 e. The maximum Gasteiger partial charge on any atom is 0.196 e. The predicted molar refractivity (Wildman–Crippen MR) is 75.5 cm³/mol. The van der Waals surface area contributed by atoms with Gasteiger partial charge < -0.3 is 4.74 Å². The molecule has 2 nitrogen and oxygen atoms in total. The summed E-state index contributed by atoms with van der Waals surface area (Å²) in [6.07, 6.45) is 0. The van der Waals surface area contributed by atoms with Gasteiger partial charge in [-0.15, -0.1) is 0 Å². The van der Waals surface area contributed by atoms with Crippen LogP contribution in [0.1, 0.15) is 15.9 Å². The minimum atomic E-state index is -0.675. The second-order valence-electron chi connectivity index (χ2n) is 3.81. The lowest BCUT2D eigenvalue weighted by Gasteiger charge is -2.07. The van der Waals surface area contributed by atoms with Gasteiger partial charge in [0, 0.05) is 15.1 Å². The number of ether oxygens (including phenoxy) is 1. The molecule has 0 aromatic heterocycles. The molecule has 0 bridgehead atoms. The highest BCUT2D eigenvalue weighted by molar-refractivity contribution is 9.10. The Balaban J connectivity index is 2.50. The summed E-state index contributed by atoms with van der Waals surface area (Å²) in [6.45, 7) is 0. The zero-order chi connectivity index (χ0) is 14.0. The molecule has 0 radical (unpaired) electrons. The molecule has 0 saturated heterocycles. The van der Waals surface area contributed by atoms with Crippen LogP contribution in [0.4, 0.5) is 4.39 Å². The molecular weight excluding hydrogens is 335 g/mol. The van der Waals surface area contributed by atoms with Gasteiger partial charge >= 0.3 is 0 Å². The van der Waals surface area contributed by atoms with Crippen LogP contribution in [0.5, 0.6) is 5.75 Å². The van der Waals surface area contributed by atoms with Crippen LogP contribution in [0.2, 0.25) is 5.02 Å². The Morgan fingerprint density at radius 1 is 1.32 bits per heavy atom. The van der Waals surface area contributed by atoms with Gasteiger partial charge in [0.1, 0.15) is 0 Å². The first-order chi connectivity index (χ1) is 9.02. The molecule has 0 saturated carbocycles. The molecule has 98 valence electrons. The fraction of sp³-hybridized carbons (Fsp3) is 0.0714. The first-order valence-corrected chi connectivity index (χ1v) is 6.53. The first kappa shape index (κ1) is 14.0. The molecule has 0 aliphatic heterocycles. The number of methoxy groups -OCH3 is 1. The van der Waals surface area contributed by atoms with Crippen molar-refractivity contribution in [2.24, 2.45) is 0 Å². The number of ketones is 1. The fourth-order valence-corrected chi connectivity index (χ4v) is 2.54. The molecule has 0 heterocycles. The summed E-state index contributed by atoms with van der Waals surface area (Å²) in [5, 5.41) is 0.404. The quantitative estimate of drug-likeness (QED) is 0.768. The van der Waals surface area contributed by atoms with Crippen LogP contribution in [-0.4, -0.2) is 12.9 Å². The second kappa shape index (κ2) is 5.72. The Morgan fingerprint density at radius 3 is 2.68 bits per heavy atom. The van der Waals surface area contributed by atoms with Crippen LogP contribution < -0.4 is 4.74 Å². The van der Waals surface area contributed by atoms with E-state index in [1.54, 1.807) is 18.2 Å². The van der Waals surface area contributed by atoms with E-state index >= 15 is 0 Å². The van der Waals surface area contributed by atoms with Crippen molar-refractivity contribution >= 4 is 33.3 Å². The normalized spacial score (nSPS) is 10.3. The van der Waals surface area contributed by atoms with Crippen molar-refractivity contribution in [3.63, 3.8) is 0 Å². The van der Waals surface area contributed by atoms with E-state index in [-0.39, 0.29) is 11.3 Å². The molecule has 2 rings (SSSR count). The molecule has 19 heavy (non-hydrogen) atoms. The Labute approximate surface area is 123 Å². The Morgan fingerprint density at radius 2 is 2.05 bits per heavy atom. The highest BCUT2D eigenvalue weighted by Crippen LogP contribution is 2.25. The van der Waals surface area contributed by atoms with Gasteiger partial charge in [0.15, 0.2) is 17.3 Å². The zero-order valence-corrected chi connectivity index (χ0v) is 12.3. The van der Waals surface area contributed by atoms with E-state index in [1.807, 2.05) is 0 Å². The van der Waals surface area contributed by atoms with Crippen LogP contribution in [0.15, 0.2) is 40.9 Å². The molecular formula is C14H9BrClFO2. The van der Waals surface area contributed by atoms with Gasteiger partial charge in [-0.1, -0.05) is 33.6 Å². The van der Waals surface area contributed by atoms with E-state index in [0.717, 1.165) is 0 Å². The number of rotatable bonds is 3. The van der Waals surface area contributed by atoms with Gasteiger partial charge in [0.05, 0.1) is 12.7 Å². The van der Waals surface area contributed by atoms with Crippen LogP contribution in [0.3, 0.4) is 0 Å². The monoisotopic (exact) mass is 342 g/mol. The van der Waals surface area contributed by atoms with Crippen LogP contribution in [0.25, 0.3) is 0 Å². The van der Waals surface area contributed by atoms with Crippen molar-refractivity contribution in [2.45, 2.75) is 0 Å². The topological polar surface area (TPSA) is 26.3 Å². The molecule has 0 fully saturated rings. The lowest BCUT2D eigenvalue weighted by atomic mass is 10.0. The average Bonchev–Trinajstić information content (AvgIpc) is 2.37. The molecule has 0 amide bonds. The minimum absolute atomic E-state index is 0.0342. The van der Waals surface area contributed by atoms with E-state index in [4.69, 9.17) is 16.3 Å². The third-order valence-corrected chi connectivity index (χ3v) is 3.23. The highest BCUT2D eigenvalue weighted by atomic mass is 79.9. The summed E-state index contributed by atoms with van der Waals surface area (Å²) in [5.74, 6) is -1.09. The van der Waals surface area contributed by atoms with E-state index in [2.05, 4.69) is 15.9 Å². The molecule has 0 aliphatic rings.